The van der Waals surface area contributed by atoms with Crippen molar-refractivity contribution in [3.05, 3.63) is 93.4 Å². The number of para-hydroxylation sites is 2. The number of dihydropyridines is 1. The quantitative estimate of drug-likeness (QED) is 0.179. The summed E-state index contributed by atoms with van der Waals surface area (Å²) in [6, 6.07) is 12.0. The van der Waals surface area contributed by atoms with E-state index in [1.807, 2.05) is 0 Å². The normalized spacial score (nSPS) is 15.5. The fraction of sp³-hybridized carbons (Fsp3) is 0.276. The number of rotatable bonds is 10. The molecule has 0 bridgehead atoms. The third-order valence-corrected chi connectivity index (χ3v) is 6.15. The number of nitrogens with two attached hydrogens (primary N) is 1. The van der Waals surface area contributed by atoms with E-state index in [0.29, 0.717) is 33.3 Å². The van der Waals surface area contributed by atoms with Crippen LogP contribution < -0.4 is 16.5 Å². The zero-order valence-corrected chi connectivity index (χ0v) is 21.4. The van der Waals surface area contributed by atoms with E-state index >= 15 is 0 Å². The first kappa shape index (κ1) is 26.8. The van der Waals surface area contributed by atoms with Crippen LogP contribution in [0.25, 0.3) is 21.9 Å². The first-order valence-electron chi connectivity index (χ1n) is 12.3. The number of allylic oxidation sites excluding steroid dienone is 1. The lowest BCUT2D eigenvalue weighted by Gasteiger charge is -2.31. The van der Waals surface area contributed by atoms with E-state index in [2.05, 4.69) is 11.9 Å². The van der Waals surface area contributed by atoms with Gasteiger partial charge in [0.1, 0.15) is 17.8 Å². The van der Waals surface area contributed by atoms with Gasteiger partial charge in [0, 0.05) is 17.8 Å². The maximum atomic E-state index is 13.5. The Labute approximate surface area is 219 Å². The highest BCUT2D eigenvalue weighted by Gasteiger charge is 2.40. The Morgan fingerprint density at radius 3 is 2.55 bits per heavy atom. The summed E-state index contributed by atoms with van der Waals surface area (Å²) in [5, 5.41) is 3.88. The average molecular weight is 519 g/mol. The van der Waals surface area contributed by atoms with Gasteiger partial charge in [-0.25, -0.2) is 9.59 Å². The fourth-order valence-corrected chi connectivity index (χ4v) is 4.58. The summed E-state index contributed by atoms with van der Waals surface area (Å²) in [6.45, 7) is 7.67. The lowest BCUT2D eigenvalue weighted by atomic mass is 9.79. The van der Waals surface area contributed by atoms with Crippen LogP contribution in [0.5, 0.6) is 0 Å². The molecule has 0 spiro atoms. The standard InChI is InChI=1S/C29H30N2O7/c1-4-14-37-29(34)25-21(16-35-15-13-30)31-17(3)23(28(33)36-5-2)24(25)19-10-8-11-20-26(32)18-9-6-7-12-22(18)38-27(19)20/h4,6-12,24,31H,1,5,13-16,30H2,2-3H3. The Kier molecular flexibility index (Phi) is 8.40. The Hall–Kier alpha value is -4.21. The number of hydrogen-bond donors (Lipinski definition) is 2. The van der Waals surface area contributed by atoms with E-state index < -0.39 is 17.9 Å². The molecule has 1 unspecified atom stereocenters. The van der Waals surface area contributed by atoms with Crippen LogP contribution in [0.15, 0.2) is 86.9 Å². The second kappa shape index (κ2) is 11.9. The van der Waals surface area contributed by atoms with Crippen LogP contribution in [0.4, 0.5) is 0 Å². The van der Waals surface area contributed by atoms with Gasteiger partial charge in [0.15, 0.2) is 0 Å². The maximum Gasteiger partial charge on any atom is 0.337 e. The van der Waals surface area contributed by atoms with Crippen molar-refractivity contribution in [1.82, 2.24) is 5.32 Å². The van der Waals surface area contributed by atoms with E-state index in [-0.39, 0.29) is 55.1 Å². The predicted molar refractivity (Wildman–Crippen MR) is 143 cm³/mol. The lowest BCUT2D eigenvalue weighted by molar-refractivity contribution is -0.139. The Morgan fingerprint density at radius 1 is 1.08 bits per heavy atom. The second-order valence-corrected chi connectivity index (χ2v) is 8.59. The van der Waals surface area contributed by atoms with Crippen molar-refractivity contribution in [2.75, 3.05) is 33.0 Å². The average Bonchev–Trinajstić information content (AvgIpc) is 2.91. The van der Waals surface area contributed by atoms with Crippen molar-refractivity contribution in [1.29, 1.82) is 0 Å². The highest BCUT2D eigenvalue weighted by Crippen LogP contribution is 2.42. The highest BCUT2D eigenvalue weighted by molar-refractivity contribution is 6.02. The van der Waals surface area contributed by atoms with Gasteiger partial charge in [0.2, 0.25) is 5.43 Å². The van der Waals surface area contributed by atoms with Crippen LogP contribution in [0.3, 0.4) is 0 Å². The molecule has 0 aliphatic carbocycles. The SMILES string of the molecule is C=CCOC(=O)C1=C(COCCN)NC(C)=C(C(=O)OCC)C1c1cccc2c(=O)c3ccccc3oc12. The molecule has 1 aliphatic rings. The minimum atomic E-state index is -0.975. The van der Waals surface area contributed by atoms with Crippen molar-refractivity contribution < 1.29 is 28.2 Å². The van der Waals surface area contributed by atoms with Gasteiger partial charge < -0.3 is 29.7 Å². The molecule has 0 saturated carbocycles. The number of carbonyl (C=O) groups excluding carboxylic acids is 2. The third-order valence-electron chi connectivity index (χ3n) is 6.15. The second-order valence-electron chi connectivity index (χ2n) is 8.59. The first-order chi connectivity index (χ1) is 18.4. The number of esters is 2. The van der Waals surface area contributed by atoms with Crippen LogP contribution in [0.1, 0.15) is 25.3 Å². The van der Waals surface area contributed by atoms with Crippen molar-refractivity contribution >= 4 is 33.9 Å². The van der Waals surface area contributed by atoms with Gasteiger partial charge >= 0.3 is 11.9 Å². The van der Waals surface area contributed by atoms with E-state index in [9.17, 15) is 14.4 Å². The van der Waals surface area contributed by atoms with Gasteiger partial charge in [-0.2, -0.15) is 0 Å². The van der Waals surface area contributed by atoms with Crippen LogP contribution in [-0.2, 0) is 23.8 Å². The number of carbonyl (C=O) groups is 2. The molecule has 0 saturated heterocycles. The highest BCUT2D eigenvalue weighted by atomic mass is 16.5. The summed E-state index contributed by atoms with van der Waals surface area (Å²) >= 11 is 0. The van der Waals surface area contributed by atoms with Crippen molar-refractivity contribution in [2.24, 2.45) is 5.73 Å². The topological polar surface area (TPSA) is 130 Å². The molecule has 38 heavy (non-hydrogen) atoms. The van der Waals surface area contributed by atoms with E-state index in [1.165, 1.54) is 6.08 Å². The summed E-state index contributed by atoms with van der Waals surface area (Å²) in [5.41, 5.74) is 7.67. The molecule has 1 aromatic heterocycles. The molecule has 1 aliphatic heterocycles. The molecule has 1 atom stereocenters. The van der Waals surface area contributed by atoms with Crippen molar-refractivity contribution in [2.45, 2.75) is 19.8 Å². The first-order valence-corrected chi connectivity index (χ1v) is 12.3. The molecular formula is C29H30N2O7. The number of hydrogen-bond acceptors (Lipinski definition) is 9. The molecule has 0 radical (unpaired) electrons. The third kappa shape index (κ3) is 5.11. The van der Waals surface area contributed by atoms with E-state index in [4.69, 9.17) is 24.4 Å². The van der Waals surface area contributed by atoms with Crippen LogP contribution in [0, 0.1) is 0 Å². The minimum absolute atomic E-state index is 0.0112. The molecular weight excluding hydrogens is 488 g/mol. The minimum Gasteiger partial charge on any atom is -0.463 e. The zero-order chi connectivity index (χ0) is 27.2. The molecule has 2 aromatic carbocycles. The van der Waals surface area contributed by atoms with Crippen LogP contribution in [-0.4, -0.2) is 44.9 Å². The predicted octanol–water partition coefficient (Wildman–Crippen LogP) is 3.43. The molecule has 3 aromatic rings. The summed E-state index contributed by atoms with van der Waals surface area (Å²) in [4.78, 5) is 40.2. The molecule has 4 rings (SSSR count). The zero-order valence-electron chi connectivity index (χ0n) is 21.4. The Balaban J connectivity index is 2.03. The monoisotopic (exact) mass is 518 g/mol. The fourth-order valence-electron chi connectivity index (χ4n) is 4.58. The Bertz CT molecular complexity index is 1520. The van der Waals surface area contributed by atoms with Gasteiger partial charge in [0.25, 0.3) is 0 Å². The molecule has 9 nitrogen and oxygen atoms in total. The number of fused-ring (bicyclic) bond motifs is 2. The number of benzene rings is 2. The van der Waals surface area contributed by atoms with Gasteiger partial charge in [-0.15, -0.1) is 0 Å². The lowest BCUT2D eigenvalue weighted by Crippen LogP contribution is -2.35. The summed E-state index contributed by atoms with van der Waals surface area (Å²) in [5.74, 6) is -2.26. The van der Waals surface area contributed by atoms with Crippen LogP contribution >= 0.6 is 0 Å². The summed E-state index contributed by atoms with van der Waals surface area (Å²) in [6.07, 6.45) is 1.45. The van der Waals surface area contributed by atoms with Crippen LogP contribution in [0.2, 0.25) is 0 Å². The molecule has 9 heteroatoms. The summed E-state index contributed by atoms with van der Waals surface area (Å²) in [7, 11) is 0. The van der Waals surface area contributed by atoms with Crippen molar-refractivity contribution in [3.63, 3.8) is 0 Å². The molecule has 3 N–H and O–H groups in total. The number of ether oxygens (including phenoxy) is 3. The van der Waals surface area contributed by atoms with E-state index in [0.717, 1.165) is 0 Å². The number of nitrogens with one attached hydrogen (secondary N) is 1. The molecule has 2 heterocycles. The smallest absolute Gasteiger partial charge is 0.337 e. The van der Waals surface area contributed by atoms with Gasteiger partial charge in [0.05, 0.1) is 53.4 Å². The molecule has 198 valence electrons. The van der Waals surface area contributed by atoms with Gasteiger partial charge in [-0.3, -0.25) is 4.79 Å². The van der Waals surface area contributed by atoms with Gasteiger partial charge in [-0.1, -0.05) is 36.9 Å². The van der Waals surface area contributed by atoms with E-state index in [1.54, 1.807) is 56.3 Å². The van der Waals surface area contributed by atoms with Gasteiger partial charge in [-0.05, 0) is 32.0 Å². The summed E-state index contributed by atoms with van der Waals surface area (Å²) < 4.78 is 22.7. The van der Waals surface area contributed by atoms with Crippen molar-refractivity contribution in [3.8, 4) is 0 Å². The largest absolute Gasteiger partial charge is 0.463 e. The molecule has 0 amide bonds. The maximum absolute atomic E-state index is 13.5. The Morgan fingerprint density at radius 2 is 1.82 bits per heavy atom. The molecule has 0 fully saturated rings.